The fraction of sp³-hybridized carbons (Fsp3) is 0.433. The zero-order valence-electron chi connectivity index (χ0n) is 21.5. The maximum atomic E-state index is 12.9. The summed E-state index contributed by atoms with van der Waals surface area (Å²) in [5.41, 5.74) is 2.09. The van der Waals surface area contributed by atoms with E-state index in [2.05, 4.69) is 10.6 Å². The summed E-state index contributed by atoms with van der Waals surface area (Å²) < 4.78 is 5.65. The fourth-order valence-electron chi connectivity index (χ4n) is 4.46. The topological polar surface area (TPSA) is 105 Å². The Morgan fingerprint density at radius 3 is 2.38 bits per heavy atom. The van der Waals surface area contributed by atoms with E-state index in [4.69, 9.17) is 4.74 Å². The first-order valence-corrected chi connectivity index (χ1v) is 13.1. The number of carbonyl (C=O) groups excluding carboxylic acids is 3. The molecular weight excluding hydrogens is 468 g/mol. The molecule has 0 spiro atoms. The van der Waals surface area contributed by atoms with Gasteiger partial charge in [-0.3, -0.25) is 14.4 Å². The van der Waals surface area contributed by atoms with Crippen molar-refractivity contribution in [3.05, 3.63) is 83.9 Å². The fourth-order valence-corrected chi connectivity index (χ4v) is 4.46. The van der Waals surface area contributed by atoms with Gasteiger partial charge in [0.05, 0.1) is 31.0 Å². The molecular formula is C30H38N2O5. The van der Waals surface area contributed by atoms with Crippen molar-refractivity contribution in [2.75, 3.05) is 13.2 Å². The van der Waals surface area contributed by atoms with Crippen LogP contribution in [0, 0.1) is 11.8 Å². The van der Waals surface area contributed by atoms with Crippen LogP contribution in [0.25, 0.3) is 0 Å². The van der Waals surface area contributed by atoms with Gasteiger partial charge in [0.1, 0.15) is 6.10 Å². The first-order valence-electron chi connectivity index (χ1n) is 13.1. The van der Waals surface area contributed by atoms with E-state index in [1.165, 1.54) is 0 Å². The van der Waals surface area contributed by atoms with Crippen LogP contribution in [0.2, 0.25) is 0 Å². The molecule has 3 N–H and O–H groups in total. The first kappa shape index (κ1) is 28.1. The zero-order chi connectivity index (χ0) is 26.5. The highest BCUT2D eigenvalue weighted by Crippen LogP contribution is 2.19. The molecule has 7 nitrogen and oxygen atoms in total. The van der Waals surface area contributed by atoms with Gasteiger partial charge in [-0.05, 0) is 50.2 Å². The zero-order valence-corrected chi connectivity index (χ0v) is 21.5. The summed E-state index contributed by atoms with van der Waals surface area (Å²) in [5.74, 6) is -1.63. The number of amides is 2. The number of aliphatic hydroxyl groups is 1. The van der Waals surface area contributed by atoms with Crippen molar-refractivity contribution in [3.63, 3.8) is 0 Å². The molecule has 0 aromatic heterocycles. The SMILES string of the molecule is CC1CNC(=O)C(CC(=O)NC(CO)Cc2ccccc2)CC=CCCC(Cc2ccccc2)C(=O)O1. The van der Waals surface area contributed by atoms with E-state index in [-0.39, 0.29) is 43.3 Å². The summed E-state index contributed by atoms with van der Waals surface area (Å²) in [7, 11) is 0. The maximum Gasteiger partial charge on any atom is 0.309 e. The van der Waals surface area contributed by atoms with Gasteiger partial charge in [0, 0.05) is 6.42 Å². The summed E-state index contributed by atoms with van der Waals surface area (Å²) in [6, 6.07) is 19.1. The monoisotopic (exact) mass is 506 g/mol. The molecule has 7 heteroatoms. The molecule has 0 saturated heterocycles. The number of aliphatic hydroxyl groups excluding tert-OH is 1. The van der Waals surface area contributed by atoms with Crippen LogP contribution in [0.3, 0.4) is 0 Å². The number of carbonyl (C=O) groups is 3. The van der Waals surface area contributed by atoms with Crippen LogP contribution in [0.1, 0.15) is 43.7 Å². The van der Waals surface area contributed by atoms with Gasteiger partial charge in [-0.25, -0.2) is 0 Å². The Morgan fingerprint density at radius 1 is 1.03 bits per heavy atom. The molecule has 198 valence electrons. The van der Waals surface area contributed by atoms with Gasteiger partial charge >= 0.3 is 5.97 Å². The normalized spacial score (nSPS) is 21.9. The van der Waals surface area contributed by atoms with Crippen molar-refractivity contribution in [1.29, 1.82) is 0 Å². The van der Waals surface area contributed by atoms with Crippen LogP contribution in [0.15, 0.2) is 72.8 Å². The van der Waals surface area contributed by atoms with E-state index in [1.807, 2.05) is 72.8 Å². The molecule has 2 amide bonds. The molecule has 4 unspecified atom stereocenters. The van der Waals surface area contributed by atoms with Crippen molar-refractivity contribution >= 4 is 17.8 Å². The average molecular weight is 507 g/mol. The predicted octanol–water partition coefficient (Wildman–Crippen LogP) is 3.36. The Balaban J connectivity index is 1.60. The Kier molecular flexibility index (Phi) is 11.4. The minimum atomic E-state index is -0.559. The molecule has 0 saturated carbocycles. The predicted molar refractivity (Wildman–Crippen MR) is 142 cm³/mol. The molecule has 0 fully saturated rings. The molecule has 1 heterocycles. The third kappa shape index (κ3) is 9.84. The Labute approximate surface area is 219 Å². The molecule has 1 aliphatic rings. The van der Waals surface area contributed by atoms with E-state index < -0.39 is 18.1 Å². The number of nitrogens with one attached hydrogen (secondary N) is 2. The lowest BCUT2D eigenvalue weighted by molar-refractivity contribution is -0.153. The summed E-state index contributed by atoms with van der Waals surface area (Å²) in [5, 5.41) is 15.4. The van der Waals surface area contributed by atoms with E-state index in [0.29, 0.717) is 32.1 Å². The summed E-state index contributed by atoms with van der Waals surface area (Å²) in [6.07, 6.45) is 6.24. The number of esters is 1. The number of allylic oxidation sites excluding steroid dienone is 2. The highest BCUT2D eigenvalue weighted by atomic mass is 16.5. The van der Waals surface area contributed by atoms with Crippen LogP contribution in [0.5, 0.6) is 0 Å². The summed E-state index contributed by atoms with van der Waals surface area (Å²) >= 11 is 0. The van der Waals surface area contributed by atoms with Crippen molar-refractivity contribution in [2.24, 2.45) is 11.8 Å². The molecule has 1 aliphatic heterocycles. The van der Waals surface area contributed by atoms with Crippen LogP contribution >= 0.6 is 0 Å². The highest BCUT2D eigenvalue weighted by molar-refractivity contribution is 5.86. The molecule has 37 heavy (non-hydrogen) atoms. The largest absolute Gasteiger partial charge is 0.461 e. The standard InChI is InChI=1S/C30H38N2O5/c1-22-20-31-29(35)25(19-28(34)32-27(21-33)18-24-13-7-3-8-14-24)15-9-4-10-16-26(30(36)37-22)17-23-11-5-2-6-12-23/h2-9,11-14,22,25-27,33H,10,15-21H2,1H3,(H,31,35)(H,32,34). The molecule has 0 bridgehead atoms. The van der Waals surface area contributed by atoms with Crippen molar-refractivity contribution in [2.45, 2.75) is 57.6 Å². The van der Waals surface area contributed by atoms with Crippen molar-refractivity contribution < 1.29 is 24.2 Å². The van der Waals surface area contributed by atoms with E-state index in [9.17, 15) is 19.5 Å². The lowest BCUT2D eigenvalue weighted by atomic mass is 9.94. The van der Waals surface area contributed by atoms with E-state index in [1.54, 1.807) is 6.92 Å². The number of cyclic esters (lactones) is 1. The number of hydrogen-bond donors (Lipinski definition) is 3. The average Bonchev–Trinajstić information content (AvgIpc) is 2.91. The van der Waals surface area contributed by atoms with Gasteiger partial charge in [-0.1, -0.05) is 72.8 Å². The molecule has 2 aromatic rings. The maximum absolute atomic E-state index is 12.9. The van der Waals surface area contributed by atoms with Crippen LogP contribution < -0.4 is 10.6 Å². The second kappa shape index (κ2) is 15.0. The van der Waals surface area contributed by atoms with Crippen LogP contribution in [0.4, 0.5) is 0 Å². The molecule has 0 radical (unpaired) electrons. The Bertz CT molecular complexity index is 1020. The van der Waals surface area contributed by atoms with Gasteiger partial charge in [-0.15, -0.1) is 0 Å². The number of ether oxygens (including phenoxy) is 1. The molecule has 2 aromatic carbocycles. The lowest BCUT2D eigenvalue weighted by Crippen LogP contribution is -2.42. The number of rotatable bonds is 8. The quantitative estimate of drug-likeness (QED) is 0.376. The second-order valence-electron chi connectivity index (χ2n) is 9.70. The Hall–Kier alpha value is -3.45. The third-order valence-electron chi connectivity index (χ3n) is 6.52. The number of benzene rings is 2. The molecule has 3 rings (SSSR count). The highest BCUT2D eigenvalue weighted by Gasteiger charge is 2.26. The van der Waals surface area contributed by atoms with Gasteiger partial charge in [0.15, 0.2) is 0 Å². The van der Waals surface area contributed by atoms with E-state index in [0.717, 1.165) is 11.1 Å². The van der Waals surface area contributed by atoms with E-state index >= 15 is 0 Å². The van der Waals surface area contributed by atoms with Gasteiger partial charge in [-0.2, -0.15) is 0 Å². The van der Waals surface area contributed by atoms with Gasteiger partial charge < -0.3 is 20.5 Å². The van der Waals surface area contributed by atoms with Crippen LogP contribution in [-0.2, 0) is 32.0 Å². The van der Waals surface area contributed by atoms with Crippen molar-refractivity contribution in [1.82, 2.24) is 10.6 Å². The van der Waals surface area contributed by atoms with Gasteiger partial charge in [0.2, 0.25) is 11.8 Å². The first-order chi connectivity index (χ1) is 17.9. The van der Waals surface area contributed by atoms with Crippen LogP contribution in [-0.4, -0.2) is 48.2 Å². The van der Waals surface area contributed by atoms with Crippen molar-refractivity contribution in [3.8, 4) is 0 Å². The Morgan fingerprint density at radius 2 is 1.70 bits per heavy atom. The second-order valence-corrected chi connectivity index (χ2v) is 9.70. The number of hydrogen-bond acceptors (Lipinski definition) is 5. The smallest absolute Gasteiger partial charge is 0.309 e. The molecule has 0 aliphatic carbocycles. The minimum absolute atomic E-state index is 0.00621. The lowest BCUT2D eigenvalue weighted by Gasteiger charge is -2.21. The molecule has 4 atom stereocenters. The summed E-state index contributed by atoms with van der Waals surface area (Å²) in [6.45, 7) is 1.74. The van der Waals surface area contributed by atoms with Gasteiger partial charge in [0.25, 0.3) is 0 Å². The minimum Gasteiger partial charge on any atom is -0.461 e. The summed E-state index contributed by atoms with van der Waals surface area (Å²) in [4.78, 5) is 38.5. The third-order valence-corrected chi connectivity index (χ3v) is 6.52.